The minimum Gasteiger partial charge on any atom is -0.323 e. The molecule has 0 spiro atoms. The lowest BCUT2D eigenvalue weighted by Gasteiger charge is -2.03. The molecule has 70 valence electrons. The van der Waals surface area contributed by atoms with E-state index >= 15 is 0 Å². The van der Waals surface area contributed by atoms with Crippen molar-refractivity contribution >= 4 is 11.6 Å². The average molecular weight is 186 g/mol. The fraction of sp³-hybridized carbons (Fsp3) is 0.0909. The molecule has 0 aliphatic heterocycles. The molecule has 0 aliphatic rings. The van der Waals surface area contributed by atoms with E-state index in [-0.39, 0.29) is 5.91 Å². The standard InChI is InChI=1S/C11H10N2O/c1-3-11(14)13-10-5-4-9(7-12)8(2)6-10/h3-6H,1H2,2H3,(H,13,14). The van der Waals surface area contributed by atoms with Crippen LogP contribution in [0.3, 0.4) is 0 Å². The Balaban J connectivity index is 2.93. The van der Waals surface area contributed by atoms with Gasteiger partial charge < -0.3 is 5.32 Å². The van der Waals surface area contributed by atoms with E-state index in [1.54, 1.807) is 18.2 Å². The molecule has 0 atom stereocenters. The summed E-state index contributed by atoms with van der Waals surface area (Å²) in [6, 6.07) is 7.17. The number of benzene rings is 1. The van der Waals surface area contributed by atoms with E-state index in [1.807, 2.05) is 6.92 Å². The summed E-state index contributed by atoms with van der Waals surface area (Å²) in [5.41, 5.74) is 2.13. The Hall–Kier alpha value is -2.08. The Morgan fingerprint density at radius 1 is 1.64 bits per heavy atom. The van der Waals surface area contributed by atoms with Crippen LogP contribution in [0.4, 0.5) is 5.69 Å². The highest BCUT2D eigenvalue weighted by Crippen LogP contribution is 2.14. The minimum absolute atomic E-state index is 0.255. The molecule has 1 N–H and O–H groups in total. The second-order valence-corrected chi connectivity index (χ2v) is 2.83. The Morgan fingerprint density at radius 2 is 2.36 bits per heavy atom. The molecule has 3 nitrogen and oxygen atoms in total. The van der Waals surface area contributed by atoms with Crippen molar-refractivity contribution in [2.24, 2.45) is 0 Å². The molecule has 0 unspecified atom stereocenters. The predicted molar refractivity (Wildman–Crippen MR) is 54.7 cm³/mol. The Labute approximate surface area is 82.7 Å². The number of carbonyl (C=O) groups is 1. The lowest BCUT2D eigenvalue weighted by atomic mass is 10.1. The van der Waals surface area contributed by atoms with Crippen molar-refractivity contribution in [2.45, 2.75) is 6.92 Å². The maximum atomic E-state index is 11.0. The maximum Gasteiger partial charge on any atom is 0.247 e. The molecule has 1 aromatic carbocycles. The van der Waals surface area contributed by atoms with Crippen molar-refractivity contribution in [3.8, 4) is 6.07 Å². The third-order valence-electron chi connectivity index (χ3n) is 1.80. The van der Waals surface area contributed by atoms with Crippen LogP contribution in [0.25, 0.3) is 0 Å². The van der Waals surface area contributed by atoms with Gasteiger partial charge in [-0.3, -0.25) is 4.79 Å². The third kappa shape index (κ3) is 2.20. The first-order valence-electron chi connectivity index (χ1n) is 4.11. The molecule has 1 amide bonds. The molecule has 0 bridgehead atoms. The summed E-state index contributed by atoms with van der Waals surface area (Å²) in [4.78, 5) is 11.0. The summed E-state index contributed by atoms with van der Waals surface area (Å²) in [6.45, 7) is 5.17. The van der Waals surface area contributed by atoms with E-state index in [2.05, 4.69) is 18.0 Å². The number of rotatable bonds is 2. The number of nitriles is 1. The van der Waals surface area contributed by atoms with E-state index < -0.39 is 0 Å². The van der Waals surface area contributed by atoms with Crippen LogP contribution in [0.5, 0.6) is 0 Å². The second kappa shape index (κ2) is 4.24. The van der Waals surface area contributed by atoms with Gasteiger partial charge >= 0.3 is 0 Å². The molecule has 3 heteroatoms. The Morgan fingerprint density at radius 3 is 2.86 bits per heavy atom. The topological polar surface area (TPSA) is 52.9 Å². The zero-order valence-electron chi connectivity index (χ0n) is 7.87. The van der Waals surface area contributed by atoms with Crippen LogP contribution in [0.15, 0.2) is 30.9 Å². The normalized spacial score (nSPS) is 8.86. The van der Waals surface area contributed by atoms with Crippen LogP contribution < -0.4 is 5.32 Å². The van der Waals surface area contributed by atoms with Gasteiger partial charge in [0, 0.05) is 5.69 Å². The van der Waals surface area contributed by atoms with Crippen molar-refractivity contribution in [2.75, 3.05) is 5.32 Å². The van der Waals surface area contributed by atoms with Crippen molar-refractivity contribution in [3.63, 3.8) is 0 Å². The van der Waals surface area contributed by atoms with E-state index in [0.29, 0.717) is 11.3 Å². The van der Waals surface area contributed by atoms with Crippen molar-refractivity contribution < 1.29 is 4.79 Å². The van der Waals surface area contributed by atoms with Gasteiger partial charge in [-0.15, -0.1) is 0 Å². The fourth-order valence-electron chi connectivity index (χ4n) is 1.06. The van der Waals surface area contributed by atoms with Crippen molar-refractivity contribution in [3.05, 3.63) is 42.0 Å². The number of anilines is 1. The maximum absolute atomic E-state index is 11.0. The number of nitrogens with zero attached hydrogens (tertiary/aromatic N) is 1. The molecule has 0 saturated heterocycles. The number of amides is 1. The number of hydrogen-bond acceptors (Lipinski definition) is 2. The second-order valence-electron chi connectivity index (χ2n) is 2.83. The van der Waals surface area contributed by atoms with E-state index in [1.165, 1.54) is 6.08 Å². The van der Waals surface area contributed by atoms with Crippen LogP contribution >= 0.6 is 0 Å². The molecule has 14 heavy (non-hydrogen) atoms. The molecule has 0 aromatic heterocycles. The van der Waals surface area contributed by atoms with Crippen molar-refractivity contribution in [1.82, 2.24) is 0 Å². The highest BCUT2D eigenvalue weighted by Gasteiger charge is 2.00. The summed E-state index contributed by atoms with van der Waals surface area (Å²) in [6.07, 6.45) is 1.20. The fourth-order valence-corrected chi connectivity index (χ4v) is 1.06. The van der Waals surface area contributed by atoms with Gasteiger partial charge in [-0.1, -0.05) is 6.58 Å². The number of hydrogen-bond donors (Lipinski definition) is 1. The van der Waals surface area contributed by atoms with Gasteiger partial charge in [0.25, 0.3) is 0 Å². The van der Waals surface area contributed by atoms with Gasteiger partial charge in [0.15, 0.2) is 0 Å². The smallest absolute Gasteiger partial charge is 0.247 e. The molecule has 0 radical (unpaired) electrons. The van der Waals surface area contributed by atoms with Crippen LogP contribution in [0.1, 0.15) is 11.1 Å². The Kier molecular flexibility index (Phi) is 3.03. The molecule has 0 heterocycles. The van der Waals surface area contributed by atoms with Gasteiger partial charge in [-0.25, -0.2) is 0 Å². The molecule has 1 aromatic rings. The van der Waals surface area contributed by atoms with Gasteiger partial charge in [-0.05, 0) is 36.8 Å². The zero-order valence-corrected chi connectivity index (χ0v) is 7.87. The van der Waals surface area contributed by atoms with Crippen LogP contribution in [0.2, 0.25) is 0 Å². The highest BCUT2D eigenvalue weighted by atomic mass is 16.1. The molecular weight excluding hydrogens is 176 g/mol. The minimum atomic E-state index is -0.255. The first-order chi connectivity index (χ1) is 6.67. The van der Waals surface area contributed by atoms with Gasteiger partial charge in [-0.2, -0.15) is 5.26 Å². The monoisotopic (exact) mass is 186 g/mol. The van der Waals surface area contributed by atoms with Gasteiger partial charge in [0.2, 0.25) is 5.91 Å². The summed E-state index contributed by atoms with van der Waals surface area (Å²) < 4.78 is 0. The molecular formula is C11H10N2O. The first kappa shape index (κ1) is 10.0. The number of nitrogens with one attached hydrogen (secondary N) is 1. The lowest BCUT2D eigenvalue weighted by molar-refractivity contribution is -0.111. The van der Waals surface area contributed by atoms with Crippen molar-refractivity contribution in [1.29, 1.82) is 5.26 Å². The molecule has 0 aliphatic carbocycles. The number of aryl methyl sites for hydroxylation is 1. The third-order valence-corrected chi connectivity index (χ3v) is 1.80. The highest BCUT2D eigenvalue weighted by molar-refractivity contribution is 5.98. The van der Waals surface area contributed by atoms with Crippen LogP contribution in [-0.2, 0) is 4.79 Å². The van der Waals surface area contributed by atoms with E-state index in [9.17, 15) is 4.79 Å². The lowest BCUT2D eigenvalue weighted by Crippen LogP contribution is -2.07. The SMILES string of the molecule is C=CC(=O)Nc1ccc(C#N)c(C)c1. The quantitative estimate of drug-likeness (QED) is 0.718. The predicted octanol–water partition coefficient (Wildman–Crippen LogP) is 1.99. The molecule has 0 saturated carbocycles. The first-order valence-corrected chi connectivity index (χ1v) is 4.11. The Bertz CT molecular complexity index is 416. The van der Waals surface area contributed by atoms with E-state index in [4.69, 9.17) is 5.26 Å². The molecule has 0 fully saturated rings. The summed E-state index contributed by atoms with van der Waals surface area (Å²) >= 11 is 0. The number of carbonyl (C=O) groups excluding carboxylic acids is 1. The largest absolute Gasteiger partial charge is 0.323 e. The van der Waals surface area contributed by atoms with Crippen LogP contribution in [-0.4, -0.2) is 5.91 Å². The summed E-state index contributed by atoms with van der Waals surface area (Å²) in [5, 5.41) is 11.3. The molecule has 1 rings (SSSR count). The zero-order chi connectivity index (χ0) is 10.6. The summed E-state index contributed by atoms with van der Waals surface area (Å²) in [7, 11) is 0. The van der Waals surface area contributed by atoms with Crippen LogP contribution in [0, 0.1) is 18.3 Å². The summed E-state index contributed by atoms with van der Waals surface area (Å²) in [5.74, 6) is -0.255. The van der Waals surface area contributed by atoms with Gasteiger partial charge in [0.1, 0.15) is 0 Å². The van der Waals surface area contributed by atoms with E-state index in [0.717, 1.165) is 5.56 Å². The van der Waals surface area contributed by atoms with Gasteiger partial charge in [0.05, 0.1) is 11.6 Å². The average Bonchev–Trinajstić information content (AvgIpc) is 2.18.